The van der Waals surface area contributed by atoms with Gasteiger partial charge in [0.2, 0.25) is 5.91 Å². The molecule has 0 bridgehead atoms. The van der Waals surface area contributed by atoms with Crippen LogP contribution in [0.3, 0.4) is 0 Å². The molecule has 0 radical (unpaired) electrons. The second-order valence-electron chi connectivity index (χ2n) is 8.38. The quantitative estimate of drug-likeness (QED) is 0.378. The predicted octanol–water partition coefficient (Wildman–Crippen LogP) is 2.82. The van der Waals surface area contributed by atoms with E-state index in [4.69, 9.17) is 9.47 Å². The Balaban J connectivity index is 1.42. The molecular formula is C27H28N2O5. The molecule has 0 aromatic heterocycles. The van der Waals surface area contributed by atoms with Crippen LogP contribution in [0.25, 0.3) is 10.8 Å². The van der Waals surface area contributed by atoms with Gasteiger partial charge in [0, 0.05) is 13.0 Å². The van der Waals surface area contributed by atoms with Crippen LogP contribution in [0.5, 0.6) is 0 Å². The number of benzene rings is 3. The van der Waals surface area contributed by atoms with Gasteiger partial charge in [0.25, 0.3) is 5.91 Å². The summed E-state index contributed by atoms with van der Waals surface area (Å²) in [6.07, 6.45) is -1.54. The van der Waals surface area contributed by atoms with Gasteiger partial charge in [0.05, 0.1) is 6.61 Å². The molecule has 1 saturated heterocycles. The Kier molecular flexibility index (Phi) is 7.23. The predicted molar refractivity (Wildman–Crippen MR) is 128 cm³/mol. The highest BCUT2D eigenvalue weighted by atomic mass is 16.6. The van der Waals surface area contributed by atoms with Crippen LogP contribution in [-0.2, 0) is 36.8 Å². The Morgan fingerprint density at radius 3 is 2.38 bits per heavy atom. The van der Waals surface area contributed by atoms with E-state index in [1.54, 1.807) is 6.92 Å². The number of carbonyl (C=O) groups is 3. The van der Waals surface area contributed by atoms with Gasteiger partial charge in [-0.25, -0.2) is 4.79 Å². The number of fused-ring (bicyclic) bond motifs is 1. The zero-order valence-corrected chi connectivity index (χ0v) is 19.2. The number of amides is 2. The molecule has 7 nitrogen and oxygen atoms in total. The second kappa shape index (κ2) is 10.5. The Hall–Kier alpha value is -3.71. The monoisotopic (exact) mass is 460 g/mol. The first-order valence-electron chi connectivity index (χ1n) is 11.4. The maximum Gasteiger partial charge on any atom is 0.338 e. The SMILES string of the molecule is CCOC(=O)[C@H]1O[C@@H]1C(=O)N[C@@H](Cc1ccc(C)cc1)C(=O)NCc1ccc2ccccc2c1. The molecule has 0 saturated carbocycles. The summed E-state index contributed by atoms with van der Waals surface area (Å²) in [7, 11) is 0. The summed E-state index contributed by atoms with van der Waals surface area (Å²) in [4.78, 5) is 37.6. The van der Waals surface area contributed by atoms with Gasteiger partial charge >= 0.3 is 5.97 Å². The third-order valence-corrected chi connectivity index (χ3v) is 5.74. The highest BCUT2D eigenvalue weighted by Crippen LogP contribution is 2.24. The van der Waals surface area contributed by atoms with Crippen LogP contribution >= 0.6 is 0 Å². The van der Waals surface area contributed by atoms with Gasteiger partial charge in [-0.3, -0.25) is 9.59 Å². The molecule has 1 aliphatic heterocycles. The molecule has 3 atom stereocenters. The van der Waals surface area contributed by atoms with Gasteiger partial charge < -0.3 is 20.1 Å². The molecular weight excluding hydrogens is 432 g/mol. The molecule has 0 aliphatic carbocycles. The van der Waals surface area contributed by atoms with Crippen molar-refractivity contribution in [2.75, 3.05) is 6.61 Å². The lowest BCUT2D eigenvalue weighted by Crippen LogP contribution is -2.49. The third kappa shape index (κ3) is 5.80. The lowest BCUT2D eigenvalue weighted by Gasteiger charge is -2.18. The fraction of sp³-hybridized carbons (Fsp3) is 0.296. The molecule has 1 aliphatic rings. The number of esters is 1. The molecule has 4 rings (SSSR count). The molecule has 3 aromatic rings. The first-order valence-corrected chi connectivity index (χ1v) is 11.4. The zero-order chi connectivity index (χ0) is 24.1. The van der Waals surface area contributed by atoms with Crippen molar-refractivity contribution in [2.24, 2.45) is 0 Å². The van der Waals surface area contributed by atoms with Gasteiger partial charge in [-0.15, -0.1) is 0 Å². The highest BCUT2D eigenvalue weighted by Gasteiger charge is 2.52. The van der Waals surface area contributed by atoms with Crippen molar-refractivity contribution in [3.05, 3.63) is 83.4 Å². The number of carbonyl (C=O) groups excluding carboxylic acids is 3. The van der Waals surface area contributed by atoms with Crippen LogP contribution in [0, 0.1) is 6.92 Å². The number of rotatable bonds is 9. The molecule has 2 amide bonds. The van der Waals surface area contributed by atoms with Gasteiger partial charge in [-0.2, -0.15) is 0 Å². The van der Waals surface area contributed by atoms with Crippen LogP contribution < -0.4 is 10.6 Å². The average molecular weight is 461 g/mol. The molecule has 2 N–H and O–H groups in total. The number of aryl methyl sites for hydroxylation is 1. The molecule has 0 unspecified atom stereocenters. The fourth-order valence-corrected chi connectivity index (χ4v) is 3.80. The van der Waals surface area contributed by atoms with E-state index in [1.165, 1.54) is 0 Å². The number of nitrogens with one attached hydrogen (secondary N) is 2. The van der Waals surface area contributed by atoms with Crippen LogP contribution in [-0.4, -0.2) is 42.6 Å². The number of hydrogen-bond acceptors (Lipinski definition) is 5. The molecule has 34 heavy (non-hydrogen) atoms. The summed E-state index contributed by atoms with van der Waals surface area (Å²) in [5.41, 5.74) is 2.98. The molecule has 1 fully saturated rings. The topological polar surface area (TPSA) is 97.0 Å². The number of epoxide rings is 1. The Morgan fingerprint density at radius 2 is 1.65 bits per heavy atom. The standard InChI is InChI=1S/C27H28N2O5/c1-3-33-27(32)24-23(34-24)26(31)29-22(15-18-10-8-17(2)9-11-18)25(30)28-16-19-12-13-20-6-4-5-7-21(20)14-19/h4-14,22-24H,3,15-16H2,1-2H3,(H,28,30)(H,29,31)/t22-,23-,24-/m0/s1. The minimum Gasteiger partial charge on any atom is -0.464 e. The van der Waals surface area contributed by atoms with E-state index in [2.05, 4.69) is 10.6 Å². The Morgan fingerprint density at radius 1 is 0.941 bits per heavy atom. The summed E-state index contributed by atoms with van der Waals surface area (Å²) in [6.45, 7) is 4.21. The summed E-state index contributed by atoms with van der Waals surface area (Å²) >= 11 is 0. The average Bonchev–Trinajstić information content (AvgIpc) is 3.65. The van der Waals surface area contributed by atoms with Crippen LogP contribution in [0.4, 0.5) is 0 Å². The van der Waals surface area contributed by atoms with Gasteiger partial charge in [-0.1, -0.05) is 66.2 Å². The first kappa shape index (κ1) is 23.4. The van der Waals surface area contributed by atoms with Crippen LogP contribution in [0.1, 0.15) is 23.6 Å². The van der Waals surface area contributed by atoms with Gasteiger partial charge in [0.15, 0.2) is 12.2 Å². The van der Waals surface area contributed by atoms with E-state index < -0.39 is 30.1 Å². The van der Waals surface area contributed by atoms with E-state index >= 15 is 0 Å². The molecule has 7 heteroatoms. The summed E-state index contributed by atoms with van der Waals surface area (Å²) in [6, 6.07) is 21.0. The van der Waals surface area contributed by atoms with Gasteiger partial charge in [0.1, 0.15) is 6.04 Å². The number of hydrogen-bond donors (Lipinski definition) is 2. The third-order valence-electron chi connectivity index (χ3n) is 5.74. The van der Waals surface area contributed by atoms with Crippen molar-refractivity contribution < 1.29 is 23.9 Å². The van der Waals surface area contributed by atoms with E-state index in [0.29, 0.717) is 13.0 Å². The molecule has 0 spiro atoms. The van der Waals surface area contributed by atoms with Gasteiger partial charge in [-0.05, 0) is 41.8 Å². The maximum atomic E-state index is 13.1. The summed E-state index contributed by atoms with van der Waals surface area (Å²) < 4.78 is 10.1. The minimum atomic E-state index is -0.937. The highest BCUT2D eigenvalue weighted by molar-refractivity contribution is 5.95. The minimum absolute atomic E-state index is 0.209. The van der Waals surface area contributed by atoms with Crippen LogP contribution in [0.15, 0.2) is 66.7 Å². The van der Waals surface area contributed by atoms with Crippen molar-refractivity contribution in [1.29, 1.82) is 0 Å². The molecule has 176 valence electrons. The maximum absolute atomic E-state index is 13.1. The van der Waals surface area contributed by atoms with E-state index in [1.807, 2.05) is 73.7 Å². The largest absolute Gasteiger partial charge is 0.464 e. The lowest BCUT2D eigenvalue weighted by molar-refractivity contribution is -0.144. The molecule has 3 aromatic carbocycles. The fourth-order valence-electron chi connectivity index (χ4n) is 3.80. The lowest BCUT2D eigenvalue weighted by atomic mass is 10.0. The number of ether oxygens (including phenoxy) is 2. The van der Waals surface area contributed by atoms with E-state index in [9.17, 15) is 14.4 Å². The normalized spacial score (nSPS) is 17.6. The smallest absolute Gasteiger partial charge is 0.338 e. The Labute approximate surface area is 198 Å². The van der Waals surface area contributed by atoms with E-state index in [0.717, 1.165) is 27.5 Å². The zero-order valence-electron chi connectivity index (χ0n) is 19.2. The molecule has 1 heterocycles. The van der Waals surface area contributed by atoms with Crippen molar-refractivity contribution in [1.82, 2.24) is 10.6 Å². The summed E-state index contributed by atoms with van der Waals surface area (Å²) in [5.74, 6) is -1.38. The van der Waals surface area contributed by atoms with Crippen molar-refractivity contribution >= 4 is 28.6 Å². The summed E-state index contributed by atoms with van der Waals surface area (Å²) in [5, 5.41) is 7.90. The second-order valence-corrected chi connectivity index (χ2v) is 8.38. The van der Waals surface area contributed by atoms with Crippen molar-refractivity contribution in [3.63, 3.8) is 0 Å². The first-order chi connectivity index (χ1) is 16.4. The van der Waals surface area contributed by atoms with Crippen LogP contribution in [0.2, 0.25) is 0 Å². The van der Waals surface area contributed by atoms with E-state index in [-0.39, 0.29) is 12.5 Å². The van der Waals surface area contributed by atoms with Crippen molar-refractivity contribution in [2.45, 2.75) is 45.1 Å². The van der Waals surface area contributed by atoms with Crippen molar-refractivity contribution in [3.8, 4) is 0 Å². The Bertz CT molecular complexity index is 1190.